The molecule has 2 N–H and O–H groups in total. The summed E-state index contributed by atoms with van der Waals surface area (Å²) >= 11 is 0. The first-order valence-electron chi connectivity index (χ1n) is 5.39. The minimum absolute atomic E-state index is 0.188. The Morgan fingerprint density at radius 3 is 2.82 bits per heavy atom. The van der Waals surface area contributed by atoms with Crippen LogP contribution in [0.4, 0.5) is 4.79 Å². The van der Waals surface area contributed by atoms with Gasteiger partial charge in [-0.05, 0) is 11.1 Å². The van der Waals surface area contributed by atoms with Gasteiger partial charge in [-0.1, -0.05) is 24.3 Å². The summed E-state index contributed by atoms with van der Waals surface area (Å²) in [6, 6.07) is 7.20. The second-order valence-electron chi connectivity index (χ2n) is 3.88. The minimum Gasteiger partial charge on any atom is -0.453 e. The SMILES string of the molecule is COC(=O)N[C@H]1Cc2ccccc2CNC1=O. The third-order valence-electron chi connectivity index (χ3n) is 2.79. The monoisotopic (exact) mass is 234 g/mol. The highest BCUT2D eigenvalue weighted by molar-refractivity contribution is 5.86. The van der Waals surface area contributed by atoms with Crippen LogP contribution >= 0.6 is 0 Å². The van der Waals surface area contributed by atoms with Crippen molar-refractivity contribution in [3.63, 3.8) is 0 Å². The molecule has 0 bridgehead atoms. The van der Waals surface area contributed by atoms with Crippen LogP contribution in [0.25, 0.3) is 0 Å². The lowest BCUT2D eigenvalue weighted by Gasteiger charge is -2.14. The molecule has 5 heteroatoms. The largest absolute Gasteiger partial charge is 0.453 e. The third kappa shape index (κ3) is 2.55. The topological polar surface area (TPSA) is 67.4 Å². The number of benzene rings is 1. The van der Waals surface area contributed by atoms with Gasteiger partial charge in [0.2, 0.25) is 5.91 Å². The molecule has 0 radical (unpaired) electrons. The normalized spacial score (nSPS) is 18.6. The second kappa shape index (κ2) is 4.86. The van der Waals surface area contributed by atoms with Crippen molar-refractivity contribution in [3.05, 3.63) is 35.4 Å². The van der Waals surface area contributed by atoms with E-state index < -0.39 is 12.1 Å². The fourth-order valence-corrected chi connectivity index (χ4v) is 1.87. The number of ether oxygens (including phenoxy) is 1. The molecule has 90 valence electrons. The Kier molecular flexibility index (Phi) is 3.27. The Hall–Kier alpha value is -2.04. The average molecular weight is 234 g/mol. The van der Waals surface area contributed by atoms with Gasteiger partial charge in [0.1, 0.15) is 6.04 Å². The molecule has 2 amide bonds. The van der Waals surface area contributed by atoms with Crippen molar-refractivity contribution < 1.29 is 14.3 Å². The van der Waals surface area contributed by atoms with Crippen LogP contribution < -0.4 is 10.6 Å². The number of nitrogens with one attached hydrogen (secondary N) is 2. The number of carbonyl (C=O) groups excluding carboxylic acids is 2. The van der Waals surface area contributed by atoms with Gasteiger partial charge in [0.05, 0.1) is 7.11 Å². The molecule has 0 spiro atoms. The summed E-state index contributed by atoms with van der Waals surface area (Å²) in [4.78, 5) is 22.9. The highest BCUT2D eigenvalue weighted by Crippen LogP contribution is 2.14. The average Bonchev–Trinajstić information content (AvgIpc) is 2.50. The maximum Gasteiger partial charge on any atom is 0.407 e. The Balaban J connectivity index is 2.18. The van der Waals surface area contributed by atoms with E-state index in [4.69, 9.17) is 0 Å². The van der Waals surface area contributed by atoms with Crippen molar-refractivity contribution in [2.24, 2.45) is 0 Å². The van der Waals surface area contributed by atoms with Crippen LogP contribution in [-0.2, 0) is 22.5 Å². The quantitative estimate of drug-likeness (QED) is 0.747. The molecule has 0 fully saturated rings. The molecule has 17 heavy (non-hydrogen) atoms. The molecule has 1 heterocycles. The number of hydrogen-bond acceptors (Lipinski definition) is 3. The zero-order valence-corrected chi connectivity index (χ0v) is 9.53. The molecule has 5 nitrogen and oxygen atoms in total. The van der Waals surface area contributed by atoms with Crippen molar-refractivity contribution in [2.75, 3.05) is 7.11 Å². The predicted molar refractivity (Wildman–Crippen MR) is 61.3 cm³/mol. The van der Waals surface area contributed by atoms with Crippen LogP contribution in [0.5, 0.6) is 0 Å². The highest BCUT2D eigenvalue weighted by Gasteiger charge is 2.25. The van der Waals surface area contributed by atoms with E-state index in [-0.39, 0.29) is 5.91 Å². The Labute approximate surface area is 99.2 Å². The van der Waals surface area contributed by atoms with E-state index in [0.717, 1.165) is 11.1 Å². The van der Waals surface area contributed by atoms with Gasteiger partial charge in [-0.2, -0.15) is 0 Å². The summed E-state index contributed by atoms with van der Waals surface area (Å²) in [6.07, 6.45) is -0.110. The van der Waals surface area contributed by atoms with Gasteiger partial charge in [0.25, 0.3) is 0 Å². The standard InChI is InChI=1S/C12H14N2O3/c1-17-12(16)14-10-6-8-4-2-3-5-9(8)7-13-11(10)15/h2-5,10H,6-7H2,1H3,(H,13,15)(H,14,16)/t10-/m0/s1. The molecule has 1 aromatic rings. The first-order chi connectivity index (χ1) is 8.20. The molecule has 1 aliphatic rings. The lowest BCUT2D eigenvalue weighted by molar-refractivity contribution is -0.123. The molecule has 0 aliphatic carbocycles. The van der Waals surface area contributed by atoms with Crippen molar-refractivity contribution in [1.82, 2.24) is 10.6 Å². The van der Waals surface area contributed by atoms with Crippen LogP contribution in [0.15, 0.2) is 24.3 Å². The summed E-state index contributed by atoms with van der Waals surface area (Å²) in [6.45, 7) is 0.494. The first-order valence-corrected chi connectivity index (χ1v) is 5.39. The van der Waals surface area contributed by atoms with Gasteiger partial charge in [-0.3, -0.25) is 4.79 Å². The van der Waals surface area contributed by atoms with E-state index in [1.807, 2.05) is 24.3 Å². The zero-order chi connectivity index (χ0) is 12.3. The van der Waals surface area contributed by atoms with E-state index in [1.165, 1.54) is 7.11 Å². The fraction of sp³-hybridized carbons (Fsp3) is 0.333. The predicted octanol–water partition coefficient (Wildman–Crippen LogP) is 0.583. The number of carbonyl (C=O) groups is 2. The van der Waals surface area contributed by atoms with Crippen molar-refractivity contribution in [2.45, 2.75) is 19.0 Å². The Morgan fingerprint density at radius 1 is 1.41 bits per heavy atom. The molecule has 1 aromatic carbocycles. The highest BCUT2D eigenvalue weighted by atomic mass is 16.5. The molecular weight excluding hydrogens is 220 g/mol. The molecule has 0 unspecified atom stereocenters. The Morgan fingerprint density at radius 2 is 2.12 bits per heavy atom. The van der Waals surface area contributed by atoms with E-state index in [9.17, 15) is 9.59 Å². The van der Waals surface area contributed by atoms with E-state index in [0.29, 0.717) is 13.0 Å². The van der Waals surface area contributed by atoms with Crippen LogP contribution in [0, 0.1) is 0 Å². The maximum absolute atomic E-state index is 11.8. The smallest absolute Gasteiger partial charge is 0.407 e. The van der Waals surface area contributed by atoms with Gasteiger partial charge >= 0.3 is 6.09 Å². The second-order valence-corrected chi connectivity index (χ2v) is 3.88. The maximum atomic E-state index is 11.8. The Bertz CT molecular complexity index is 445. The van der Waals surface area contributed by atoms with Crippen molar-refractivity contribution in [3.8, 4) is 0 Å². The van der Waals surface area contributed by atoms with E-state index in [2.05, 4.69) is 15.4 Å². The van der Waals surface area contributed by atoms with E-state index in [1.54, 1.807) is 0 Å². The number of rotatable bonds is 1. The molecule has 0 saturated carbocycles. The summed E-state index contributed by atoms with van der Waals surface area (Å²) in [5, 5.41) is 5.30. The van der Waals surface area contributed by atoms with Gasteiger partial charge in [-0.25, -0.2) is 4.79 Å². The number of methoxy groups -OCH3 is 1. The van der Waals surface area contributed by atoms with E-state index >= 15 is 0 Å². The van der Waals surface area contributed by atoms with Gasteiger partial charge < -0.3 is 15.4 Å². The number of hydrogen-bond donors (Lipinski definition) is 2. The molecule has 0 aromatic heterocycles. The van der Waals surface area contributed by atoms with Crippen molar-refractivity contribution >= 4 is 12.0 Å². The summed E-state index contributed by atoms with van der Waals surface area (Å²) in [7, 11) is 1.28. The zero-order valence-electron chi connectivity index (χ0n) is 9.53. The fourth-order valence-electron chi connectivity index (χ4n) is 1.87. The molecular formula is C12H14N2O3. The molecule has 0 saturated heterocycles. The number of fused-ring (bicyclic) bond motifs is 1. The summed E-state index contributed by atoms with van der Waals surface area (Å²) in [5.74, 6) is -0.188. The van der Waals surface area contributed by atoms with Gasteiger partial charge in [-0.15, -0.1) is 0 Å². The molecule has 2 rings (SSSR count). The number of amides is 2. The van der Waals surface area contributed by atoms with Crippen molar-refractivity contribution in [1.29, 1.82) is 0 Å². The summed E-state index contributed by atoms with van der Waals surface area (Å²) in [5.41, 5.74) is 2.14. The third-order valence-corrected chi connectivity index (χ3v) is 2.79. The molecule has 1 aliphatic heterocycles. The lowest BCUT2D eigenvalue weighted by Crippen LogP contribution is -2.46. The summed E-state index contributed by atoms with van der Waals surface area (Å²) < 4.78 is 4.50. The molecule has 1 atom stereocenters. The van der Waals surface area contributed by atoms with Gasteiger partial charge in [0.15, 0.2) is 0 Å². The van der Waals surface area contributed by atoms with Crippen LogP contribution in [0.1, 0.15) is 11.1 Å². The van der Waals surface area contributed by atoms with Crippen LogP contribution in [-0.4, -0.2) is 25.2 Å². The number of alkyl carbamates (subject to hydrolysis) is 1. The minimum atomic E-state index is -0.593. The van der Waals surface area contributed by atoms with Gasteiger partial charge in [0, 0.05) is 13.0 Å². The van der Waals surface area contributed by atoms with Crippen LogP contribution in [0.2, 0.25) is 0 Å². The first kappa shape index (κ1) is 11.4. The van der Waals surface area contributed by atoms with Crippen LogP contribution in [0.3, 0.4) is 0 Å². The lowest BCUT2D eigenvalue weighted by atomic mass is 10.0.